The molecule has 0 fully saturated rings. The molecule has 1 atom stereocenters. The van der Waals surface area contributed by atoms with Crippen LogP contribution in [0.4, 0.5) is 5.13 Å². The fourth-order valence-corrected chi connectivity index (χ4v) is 3.05. The van der Waals surface area contributed by atoms with E-state index in [0.717, 1.165) is 19.3 Å². The lowest BCUT2D eigenvalue weighted by atomic mass is 10.1. The Labute approximate surface area is 149 Å². The van der Waals surface area contributed by atoms with E-state index in [1.165, 1.54) is 37.0 Å². The van der Waals surface area contributed by atoms with Crippen LogP contribution in [0.15, 0.2) is 11.6 Å². The van der Waals surface area contributed by atoms with Crippen LogP contribution in [0.1, 0.15) is 72.1 Å². The lowest BCUT2D eigenvalue weighted by Gasteiger charge is -2.28. The Bertz CT molecular complexity index is 477. The van der Waals surface area contributed by atoms with Crippen LogP contribution >= 0.6 is 11.3 Å². The normalized spacial score (nSPS) is 12.0. The van der Waals surface area contributed by atoms with Gasteiger partial charge in [0.05, 0.1) is 0 Å². The molecule has 1 heterocycles. The Balaban J connectivity index is 2.42. The molecule has 1 unspecified atom stereocenters. The number of hydrogen-bond acceptors (Lipinski definition) is 4. The number of rotatable bonds is 12. The molecule has 136 valence electrons. The van der Waals surface area contributed by atoms with E-state index in [1.54, 1.807) is 11.1 Å². The Morgan fingerprint density at radius 3 is 2.54 bits per heavy atom. The number of nitrogens with one attached hydrogen (secondary N) is 1. The summed E-state index contributed by atoms with van der Waals surface area (Å²) in [5.74, 6) is -0.101. The molecule has 0 aromatic carbocycles. The van der Waals surface area contributed by atoms with Gasteiger partial charge in [-0.25, -0.2) is 4.98 Å². The zero-order chi connectivity index (χ0) is 17.8. The van der Waals surface area contributed by atoms with Gasteiger partial charge >= 0.3 is 0 Å². The molecule has 6 heteroatoms. The number of thiazole rings is 1. The fraction of sp³-hybridized carbons (Fsp3) is 0.722. The predicted octanol–water partition coefficient (Wildman–Crippen LogP) is 4.46. The second kappa shape index (κ2) is 12.0. The van der Waals surface area contributed by atoms with Crippen molar-refractivity contribution in [2.24, 2.45) is 0 Å². The van der Waals surface area contributed by atoms with Crippen LogP contribution in [0.25, 0.3) is 0 Å². The van der Waals surface area contributed by atoms with Crippen molar-refractivity contribution in [3.63, 3.8) is 0 Å². The van der Waals surface area contributed by atoms with Crippen LogP contribution in [0.5, 0.6) is 0 Å². The topological polar surface area (TPSA) is 62.3 Å². The van der Waals surface area contributed by atoms with Gasteiger partial charge in [0.1, 0.15) is 6.54 Å². The summed E-state index contributed by atoms with van der Waals surface area (Å²) in [5, 5.41) is 5.14. The van der Waals surface area contributed by atoms with Crippen molar-refractivity contribution in [2.75, 3.05) is 11.9 Å². The van der Waals surface area contributed by atoms with Crippen LogP contribution in [0, 0.1) is 0 Å². The maximum absolute atomic E-state index is 12.5. The van der Waals surface area contributed by atoms with E-state index in [2.05, 4.69) is 17.2 Å². The van der Waals surface area contributed by atoms with Crippen LogP contribution in [0.3, 0.4) is 0 Å². The van der Waals surface area contributed by atoms with E-state index >= 15 is 0 Å². The Morgan fingerprint density at radius 2 is 1.92 bits per heavy atom. The molecular formula is C18H31N3O2S. The molecular weight excluding hydrogens is 322 g/mol. The number of nitrogens with zero attached hydrogens (tertiary/aromatic N) is 2. The van der Waals surface area contributed by atoms with E-state index in [0.29, 0.717) is 11.6 Å². The number of hydrogen-bond donors (Lipinski definition) is 1. The van der Waals surface area contributed by atoms with Crippen LogP contribution in [-0.2, 0) is 9.59 Å². The summed E-state index contributed by atoms with van der Waals surface area (Å²) in [7, 11) is 0. The Morgan fingerprint density at radius 1 is 1.21 bits per heavy atom. The van der Waals surface area contributed by atoms with Gasteiger partial charge in [-0.1, -0.05) is 46.0 Å². The van der Waals surface area contributed by atoms with Crippen molar-refractivity contribution in [3.8, 4) is 0 Å². The highest BCUT2D eigenvalue weighted by Crippen LogP contribution is 2.13. The summed E-state index contributed by atoms with van der Waals surface area (Å²) in [6.07, 6.45) is 9.95. The van der Waals surface area contributed by atoms with Gasteiger partial charge in [0.25, 0.3) is 0 Å². The van der Waals surface area contributed by atoms with Crippen molar-refractivity contribution < 1.29 is 9.59 Å². The summed E-state index contributed by atoms with van der Waals surface area (Å²) >= 11 is 1.38. The van der Waals surface area contributed by atoms with Crippen LogP contribution in [-0.4, -0.2) is 34.3 Å². The predicted molar refractivity (Wildman–Crippen MR) is 100 cm³/mol. The molecule has 0 saturated heterocycles. The lowest BCUT2D eigenvalue weighted by molar-refractivity contribution is -0.136. The largest absolute Gasteiger partial charge is 0.331 e. The SMILES string of the molecule is CCCCCCCCC(=O)N(CC(=O)Nc1nccs1)C(C)CC. The average Bonchev–Trinajstić information content (AvgIpc) is 3.07. The van der Waals surface area contributed by atoms with E-state index in [4.69, 9.17) is 0 Å². The minimum Gasteiger partial charge on any atom is -0.331 e. The molecule has 24 heavy (non-hydrogen) atoms. The summed E-state index contributed by atoms with van der Waals surface area (Å²) in [6, 6.07) is 0.0691. The third kappa shape index (κ3) is 7.90. The van der Waals surface area contributed by atoms with E-state index < -0.39 is 0 Å². The molecule has 0 saturated carbocycles. The van der Waals surface area contributed by atoms with Crippen molar-refractivity contribution in [1.82, 2.24) is 9.88 Å². The van der Waals surface area contributed by atoms with E-state index in [1.807, 2.05) is 19.2 Å². The summed E-state index contributed by atoms with van der Waals surface area (Å²) in [6.45, 7) is 6.33. The highest BCUT2D eigenvalue weighted by Gasteiger charge is 2.21. The maximum atomic E-state index is 12.5. The number of carbonyl (C=O) groups excluding carboxylic acids is 2. The Kier molecular flexibility index (Phi) is 10.3. The number of unbranched alkanes of at least 4 members (excludes halogenated alkanes) is 5. The second-order valence-electron chi connectivity index (χ2n) is 6.18. The first kappa shape index (κ1) is 20.6. The quantitative estimate of drug-likeness (QED) is 0.564. The van der Waals surface area contributed by atoms with Gasteiger partial charge in [-0.3, -0.25) is 9.59 Å². The zero-order valence-electron chi connectivity index (χ0n) is 15.2. The minimum absolute atomic E-state index is 0.0691. The first-order valence-electron chi connectivity index (χ1n) is 9.07. The van der Waals surface area contributed by atoms with Gasteiger partial charge in [-0.05, 0) is 19.8 Å². The smallest absolute Gasteiger partial charge is 0.245 e. The number of aromatic nitrogens is 1. The van der Waals surface area contributed by atoms with Crippen molar-refractivity contribution in [3.05, 3.63) is 11.6 Å². The molecule has 1 N–H and O–H groups in total. The minimum atomic E-state index is -0.179. The van der Waals surface area contributed by atoms with Gasteiger partial charge in [-0.15, -0.1) is 11.3 Å². The van der Waals surface area contributed by atoms with Gasteiger partial charge in [0.15, 0.2) is 5.13 Å². The van der Waals surface area contributed by atoms with Crippen LogP contribution < -0.4 is 5.32 Å². The molecule has 0 aliphatic carbocycles. The third-order valence-corrected chi connectivity index (χ3v) is 4.87. The fourth-order valence-electron chi connectivity index (χ4n) is 2.51. The maximum Gasteiger partial charge on any atom is 0.245 e. The van der Waals surface area contributed by atoms with Crippen LogP contribution in [0.2, 0.25) is 0 Å². The first-order chi connectivity index (χ1) is 11.6. The molecule has 1 aromatic rings. The molecule has 1 rings (SSSR count). The second-order valence-corrected chi connectivity index (χ2v) is 7.08. The molecule has 5 nitrogen and oxygen atoms in total. The Hall–Kier alpha value is -1.43. The molecule has 0 bridgehead atoms. The number of carbonyl (C=O) groups is 2. The van der Waals surface area contributed by atoms with E-state index in [9.17, 15) is 9.59 Å². The summed E-state index contributed by atoms with van der Waals surface area (Å²) in [4.78, 5) is 30.4. The van der Waals surface area contributed by atoms with Gasteiger partial charge in [-0.2, -0.15) is 0 Å². The third-order valence-electron chi connectivity index (χ3n) is 4.18. The van der Waals surface area contributed by atoms with Gasteiger partial charge < -0.3 is 10.2 Å². The molecule has 0 aliphatic rings. The van der Waals surface area contributed by atoms with Gasteiger partial charge in [0, 0.05) is 24.0 Å². The molecule has 0 aliphatic heterocycles. The number of amides is 2. The van der Waals surface area contributed by atoms with E-state index in [-0.39, 0.29) is 24.4 Å². The monoisotopic (exact) mass is 353 g/mol. The first-order valence-corrected chi connectivity index (χ1v) is 9.95. The highest BCUT2D eigenvalue weighted by atomic mass is 32.1. The summed E-state index contributed by atoms with van der Waals surface area (Å²) < 4.78 is 0. The number of anilines is 1. The summed E-state index contributed by atoms with van der Waals surface area (Å²) in [5.41, 5.74) is 0. The molecule has 0 spiro atoms. The van der Waals surface area contributed by atoms with Gasteiger partial charge in [0.2, 0.25) is 11.8 Å². The van der Waals surface area contributed by atoms with Crippen molar-refractivity contribution >= 4 is 28.3 Å². The standard InChI is InChI=1S/C18H31N3O2S/c1-4-6-7-8-9-10-11-17(23)21(15(3)5-2)14-16(22)20-18-19-12-13-24-18/h12-13,15H,4-11,14H2,1-3H3,(H,19,20,22). The highest BCUT2D eigenvalue weighted by molar-refractivity contribution is 7.13. The average molecular weight is 354 g/mol. The molecule has 1 aromatic heterocycles. The molecule has 0 radical (unpaired) electrons. The zero-order valence-corrected chi connectivity index (χ0v) is 16.0. The van der Waals surface area contributed by atoms with Crippen molar-refractivity contribution in [1.29, 1.82) is 0 Å². The lowest BCUT2D eigenvalue weighted by Crippen LogP contribution is -2.43. The van der Waals surface area contributed by atoms with Crippen molar-refractivity contribution in [2.45, 2.75) is 78.2 Å². The molecule has 2 amide bonds.